The summed E-state index contributed by atoms with van der Waals surface area (Å²) in [5.74, 6) is -0.104. The first-order chi connectivity index (χ1) is 10.8. The molecule has 0 spiro atoms. The first-order valence-corrected chi connectivity index (χ1v) is 8.31. The van der Waals surface area contributed by atoms with Crippen LogP contribution in [-0.4, -0.2) is 48.6 Å². The van der Waals surface area contributed by atoms with Crippen molar-refractivity contribution in [1.29, 1.82) is 0 Å². The van der Waals surface area contributed by atoms with Gasteiger partial charge in [0.15, 0.2) is 0 Å². The van der Waals surface area contributed by atoms with Gasteiger partial charge in [-0.15, -0.1) is 0 Å². The van der Waals surface area contributed by atoms with Crippen LogP contribution in [0.5, 0.6) is 0 Å². The molecular formula is C17H25N3O2. The van der Waals surface area contributed by atoms with Gasteiger partial charge >= 0.3 is 0 Å². The maximum Gasteiger partial charge on any atom is 0.252 e. The number of carbonyl (C=O) groups is 1. The highest BCUT2D eigenvalue weighted by atomic mass is 16.5. The third kappa shape index (κ3) is 3.47. The Bertz CT molecular complexity index is 497. The minimum atomic E-state index is -0.104. The van der Waals surface area contributed by atoms with Gasteiger partial charge in [-0.3, -0.25) is 14.7 Å². The number of nitrogens with one attached hydrogen (secondary N) is 1. The molecule has 22 heavy (non-hydrogen) atoms. The Morgan fingerprint density at radius 3 is 2.82 bits per heavy atom. The van der Waals surface area contributed by atoms with E-state index in [9.17, 15) is 4.79 Å². The number of ether oxygens (including phenoxy) is 1. The Labute approximate surface area is 132 Å². The molecule has 0 unspecified atom stereocenters. The van der Waals surface area contributed by atoms with E-state index in [1.165, 1.54) is 32.1 Å². The number of hydrogen-bond acceptors (Lipinski definition) is 4. The van der Waals surface area contributed by atoms with Crippen molar-refractivity contribution in [3.63, 3.8) is 0 Å². The maximum atomic E-state index is 11.6. The average molecular weight is 303 g/mol. The van der Waals surface area contributed by atoms with Crippen molar-refractivity contribution in [2.75, 3.05) is 26.7 Å². The Hall–Kier alpha value is -1.46. The number of carbonyl (C=O) groups excluding carboxylic acids is 1. The van der Waals surface area contributed by atoms with Crippen LogP contribution in [-0.2, 0) is 4.74 Å². The average Bonchev–Trinajstić information content (AvgIpc) is 2.62. The number of amides is 1. The van der Waals surface area contributed by atoms with Crippen LogP contribution in [0.2, 0.25) is 0 Å². The van der Waals surface area contributed by atoms with Crippen molar-refractivity contribution in [2.45, 2.75) is 44.2 Å². The molecule has 2 fully saturated rings. The molecular weight excluding hydrogens is 278 g/mol. The normalized spacial score (nSPS) is 24.1. The second-order valence-electron chi connectivity index (χ2n) is 6.20. The fourth-order valence-corrected chi connectivity index (χ4v) is 3.50. The zero-order chi connectivity index (χ0) is 15.4. The summed E-state index contributed by atoms with van der Waals surface area (Å²) in [6.45, 7) is 2.70. The summed E-state index contributed by atoms with van der Waals surface area (Å²) in [6.07, 6.45) is 8.38. The van der Waals surface area contributed by atoms with E-state index in [4.69, 9.17) is 4.74 Å². The SMILES string of the molecule is CNC(=O)c1ccc([C@H]2CN(C3CCCCC3)CCO2)nc1. The summed E-state index contributed by atoms with van der Waals surface area (Å²) in [4.78, 5) is 18.6. The van der Waals surface area contributed by atoms with Gasteiger partial charge in [0.05, 0.1) is 17.9 Å². The van der Waals surface area contributed by atoms with E-state index in [-0.39, 0.29) is 12.0 Å². The number of morpholine rings is 1. The van der Waals surface area contributed by atoms with Gasteiger partial charge in [0.1, 0.15) is 6.10 Å². The molecule has 5 nitrogen and oxygen atoms in total. The monoisotopic (exact) mass is 303 g/mol. The van der Waals surface area contributed by atoms with Crippen LogP contribution in [0.3, 0.4) is 0 Å². The van der Waals surface area contributed by atoms with Gasteiger partial charge in [0, 0.05) is 32.4 Å². The van der Waals surface area contributed by atoms with Crippen LogP contribution in [0.25, 0.3) is 0 Å². The molecule has 0 bridgehead atoms. The van der Waals surface area contributed by atoms with Gasteiger partial charge in [-0.25, -0.2) is 0 Å². The van der Waals surface area contributed by atoms with Crippen LogP contribution in [0.4, 0.5) is 0 Å². The van der Waals surface area contributed by atoms with Crippen molar-refractivity contribution in [1.82, 2.24) is 15.2 Å². The molecule has 120 valence electrons. The van der Waals surface area contributed by atoms with Crippen LogP contribution < -0.4 is 5.32 Å². The molecule has 1 aromatic heterocycles. The Morgan fingerprint density at radius 1 is 1.32 bits per heavy atom. The number of pyridine rings is 1. The summed E-state index contributed by atoms with van der Waals surface area (Å²) in [5, 5.41) is 2.61. The lowest BCUT2D eigenvalue weighted by Gasteiger charge is -2.39. The zero-order valence-electron chi connectivity index (χ0n) is 13.3. The highest BCUT2D eigenvalue weighted by molar-refractivity contribution is 5.93. The second-order valence-corrected chi connectivity index (χ2v) is 6.20. The maximum absolute atomic E-state index is 11.6. The van der Waals surface area contributed by atoms with E-state index in [2.05, 4.69) is 15.2 Å². The molecule has 1 aliphatic carbocycles. The van der Waals surface area contributed by atoms with Gasteiger partial charge in [-0.2, -0.15) is 0 Å². The molecule has 2 aliphatic rings. The number of hydrogen-bond donors (Lipinski definition) is 1. The summed E-state index contributed by atoms with van der Waals surface area (Å²) >= 11 is 0. The molecule has 3 rings (SSSR count). The van der Waals surface area contributed by atoms with Crippen molar-refractivity contribution >= 4 is 5.91 Å². The third-order valence-electron chi connectivity index (χ3n) is 4.79. The standard InChI is InChI=1S/C17H25N3O2/c1-18-17(21)13-7-8-15(19-11-13)16-12-20(9-10-22-16)14-5-3-2-4-6-14/h7-8,11,14,16H,2-6,9-10,12H2,1H3,(H,18,21)/t16-/m1/s1. The van der Waals surface area contributed by atoms with E-state index in [1.807, 2.05) is 12.1 Å². The number of rotatable bonds is 3. The van der Waals surface area contributed by atoms with Gasteiger partial charge in [0.2, 0.25) is 0 Å². The fraction of sp³-hybridized carbons (Fsp3) is 0.647. The van der Waals surface area contributed by atoms with Gasteiger partial charge < -0.3 is 10.1 Å². The minimum absolute atomic E-state index is 0.0226. The van der Waals surface area contributed by atoms with Crippen LogP contribution in [0.15, 0.2) is 18.3 Å². The predicted molar refractivity (Wildman–Crippen MR) is 84.8 cm³/mol. The first kappa shape index (κ1) is 15.4. The van der Waals surface area contributed by atoms with E-state index >= 15 is 0 Å². The number of nitrogens with zero attached hydrogens (tertiary/aromatic N) is 2. The topological polar surface area (TPSA) is 54.5 Å². The van der Waals surface area contributed by atoms with Crippen molar-refractivity contribution in [3.05, 3.63) is 29.6 Å². The highest BCUT2D eigenvalue weighted by Gasteiger charge is 2.28. The fourth-order valence-electron chi connectivity index (χ4n) is 3.50. The van der Waals surface area contributed by atoms with E-state index < -0.39 is 0 Å². The summed E-state index contributed by atoms with van der Waals surface area (Å²) in [5.41, 5.74) is 1.51. The minimum Gasteiger partial charge on any atom is -0.369 e. The lowest BCUT2D eigenvalue weighted by atomic mass is 9.93. The van der Waals surface area contributed by atoms with E-state index in [1.54, 1.807) is 13.2 Å². The van der Waals surface area contributed by atoms with Gasteiger partial charge in [-0.05, 0) is 25.0 Å². The Morgan fingerprint density at radius 2 is 2.14 bits per heavy atom. The summed E-state index contributed by atoms with van der Waals surface area (Å²) in [7, 11) is 1.63. The van der Waals surface area contributed by atoms with Crippen LogP contribution in [0.1, 0.15) is 54.3 Å². The largest absolute Gasteiger partial charge is 0.369 e. The lowest BCUT2D eigenvalue weighted by Crippen LogP contribution is -2.45. The Kier molecular flexibility index (Phi) is 5.05. The van der Waals surface area contributed by atoms with Crippen LogP contribution >= 0.6 is 0 Å². The quantitative estimate of drug-likeness (QED) is 0.929. The Balaban J connectivity index is 1.65. The van der Waals surface area contributed by atoms with Gasteiger partial charge in [-0.1, -0.05) is 19.3 Å². The predicted octanol–water partition coefficient (Wildman–Crippen LogP) is 2.15. The second kappa shape index (κ2) is 7.20. The molecule has 1 aromatic rings. The molecule has 0 radical (unpaired) electrons. The lowest BCUT2D eigenvalue weighted by molar-refractivity contribution is -0.0516. The number of aromatic nitrogens is 1. The first-order valence-electron chi connectivity index (χ1n) is 8.31. The van der Waals surface area contributed by atoms with Crippen LogP contribution in [0, 0.1) is 0 Å². The van der Waals surface area contributed by atoms with Gasteiger partial charge in [0.25, 0.3) is 5.91 Å². The molecule has 1 amide bonds. The van der Waals surface area contributed by atoms with Crippen molar-refractivity contribution < 1.29 is 9.53 Å². The molecule has 1 atom stereocenters. The summed E-state index contributed by atoms with van der Waals surface area (Å²) < 4.78 is 5.91. The van der Waals surface area contributed by atoms with E-state index in [0.29, 0.717) is 11.6 Å². The highest BCUT2D eigenvalue weighted by Crippen LogP contribution is 2.28. The summed E-state index contributed by atoms with van der Waals surface area (Å²) in [6, 6.07) is 4.45. The molecule has 5 heteroatoms. The zero-order valence-corrected chi connectivity index (χ0v) is 13.3. The molecule has 1 N–H and O–H groups in total. The molecule has 1 aliphatic heterocycles. The van der Waals surface area contributed by atoms with Crippen molar-refractivity contribution in [3.8, 4) is 0 Å². The molecule has 1 saturated carbocycles. The molecule has 1 saturated heterocycles. The third-order valence-corrected chi connectivity index (χ3v) is 4.79. The molecule has 2 heterocycles. The molecule has 0 aromatic carbocycles. The van der Waals surface area contributed by atoms with E-state index in [0.717, 1.165) is 25.4 Å². The van der Waals surface area contributed by atoms with Crippen molar-refractivity contribution in [2.24, 2.45) is 0 Å². The smallest absolute Gasteiger partial charge is 0.252 e.